The Morgan fingerprint density at radius 1 is 1.04 bits per heavy atom. The molecule has 2 heterocycles. The van der Waals surface area contributed by atoms with Gasteiger partial charge in [0, 0.05) is 29.6 Å². The standard InChI is InChI=1S/C23H25N3O/c1-23(2)12-11-17-15-24-22(26-20(17)14-23)19-9-6-8-18(25-19)13-16-7-4-5-10-21(16)27-3/h4-10,15H,11-14H2,1-3H3. The van der Waals surface area contributed by atoms with Crippen molar-refractivity contribution in [2.24, 2.45) is 5.41 Å². The Labute approximate surface area is 160 Å². The molecule has 0 radical (unpaired) electrons. The van der Waals surface area contributed by atoms with E-state index in [-0.39, 0.29) is 0 Å². The lowest BCUT2D eigenvalue weighted by molar-refractivity contribution is 0.310. The van der Waals surface area contributed by atoms with Crippen molar-refractivity contribution in [2.45, 2.75) is 39.5 Å². The molecule has 0 unspecified atom stereocenters. The molecule has 27 heavy (non-hydrogen) atoms. The number of aryl methyl sites for hydroxylation is 1. The van der Waals surface area contributed by atoms with Crippen molar-refractivity contribution in [3.05, 3.63) is 71.2 Å². The Hall–Kier alpha value is -2.75. The Morgan fingerprint density at radius 3 is 2.74 bits per heavy atom. The fourth-order valence-corrected chi connectivity index (χ4v) is 3.69. The largest absolute Gasteiger partial charge is 0.496 e. The molecule has 0 atom stereocenters. The van der Waals surface area contributed by atoms with Gasteiger partial charge in [-0.25, -0.2) is 15.0 Å². The van der Waals surface area contributed by atoms with Crippen LogP contribution < -0.4 is 4.74 Å². The Balaban J connectivity index is 1.63. The molecule has 0 saturated heterocycles. The summed E-state index contributed by atoms with van der Waals surface area (Å²) in [5.41, 5.74) is 5.69. The van der Waals surface area contributed by atoms with Gasteiger partial charge in [0.15, 0.2) is 5.82 Å². The summed E-state index contributed by atoms with van der Waals surface area (Å²) >= 11 is 0. The normalized spacial score (nSPS) is 15.2. The number of fused-ring (bicyclic) bond motifs is 1. The van der Waals surface area contributed by atoms with Gasteiger partial charge >= 0.3 is 0 Å². The van der Waals surface area contributed by atoms with Crippen molar-refractivity contribution < 1.29 is 4.74 Å². The molecule has 3 aromatic rings. The lowest BCUT2D eigenvalue weighted by atomic mass is 9.77. The zero-order valence-electron chi connectivity index (χ0n) is 16.2. The Bertz CT molecular complexity index is 965. The maximum absolute atomic E-state index is 5.46. The summed E-state index contributed by atoms with van der Waals surface area (Å²) in [6, 6.07) is 14.1. The maximum Gasteiger partial charge on any atom is 0.178 e. The minimum atomic E-state index is 0.303. The average molecular weight is 359 g/mol. The third kappa shape index (κ3) is 3.85. The van der Waals surface area contributed by atoms with E-state index in [0.29, 0.717) is 11.2 Å². The summed E-state index contributed by atoms with van der Waals surface area (Å²) < 4.78 is 5.46. The third-order valence-electron chi connectivity index (χ3n) is 5.27. The van der Waals surface area contributed by atoms with Crippen LogP contribution in [0.25, 0.3) is 11.5 Å². The van der Waals surface area contributed by atoms with Crippen LogP contribution in [0.5, 0.6) is 5.75 Å². The van der Waals surface area contributed by atoms with Gasteiger partial charge in [-0.15, -0.1) is 0 Å². The molecule has 4 nitrogen and oxygen atoms in total. The highest BCUT2D eigenvalue weighted by atomic mass is 16.5. The van der Waals surface area contributed by atoms with E-state index in [9.17, 15) is 0 Å². The number of hydrogen-bond donors (Lipinski definition) is 0. The zero-order valence-corrected chi connectivity index (χ0v) is 16.2. The molecule has 0 spiro atoms. The summed E-state index contributed by atoms with van der Waals surface area (Å²) in [5, 5.41) is 0. The van der Waals surface area contributed by atoms with Crippen molar-refractivity contribution in [3.63, 3.8) is 0 Å². The van der Waals surface area contributed by atoms with Gasteiger partial charge in [-0.05, 0) is 48.4 Å². The molecular formula is C23H25N3O. The van der Waals surface area contributed by atoms with Crippen molar-refractivity contribution in [1.82, 2.24) is 15.0 Å². The van der Waals surface area contributed by atoms with Crippen LogP contribution in [0.15, 0.2) is 48.7 Å². The van der Waals surface area contributed by atoms with Gasteiger partial charge in [0.25, 0.3) is 0 Å². The highest BCUT2D eigenvalue weighted by molar-refractivity contribution is 5.50. The third-order valence-corrected chi connectivity index (χ3v) is 5.27. The minimum absolute atomic E-state index is 0.303. The molecule has 0 bridgehead atoms. The van der Waals surface area contributed by atoms with Crippen molar-refractivity contribution in [3.8, 4) is 17.3 Å². The van der Waals surface area contributed by atoms with Gasteiger partial charge in [0.1, 0.15) is 11.4 Å². The number of para-hydroxylation sites is 1. The van der Waals surface area contributed by atoms with E-state index in [4.69, 9.17) is 14.7 Å². The van der Waals surface area contributed by atoms with Gasteiger partial charge in [0.2, 0.25) is 0 Å². The first-order chi connectivity index (χ1) is 13.0. The van der Waals surface area contributed by atoms with Crippen molar-refractivity contribution >= 4 is 0 Å². The number of rotatable bonds is 4. The number of benzene rings is 1. The number of ether oxygens (including phenoxy) is 1. The molecule has 138 valence electrons. The van der Waals surface area contributed by atoms with Gasteiger partial charge in [-0.2, -0.15) is 0 Å². The van der Waals surface area contributed by atoms with Crippen LogP contribution in [-0.2, 0) is 19.3 Å². The molecule has 4 rings (SSSR count). The molecular weight excluding hydrogens is 334 g/mol. The van der Waals surface area contributed by atoms with Crippen LogP contribution >= 0.6 is 0 Å². The van der Waals surface area contributed by atoms with Gasteiger partial charge in [-0.1, -0.05) is 38.1 Å². The second-order valence-corrected chi connectivity index (χ2v) is 8.01. The average Bonchev–Trinajstić information content (AvgIpc) is 2.67. The fraction of sp³-hybridized carbons (Fsp3) is 0.348. The molecule has 1 aromatic carbocycles. The van der Waals surface area contributed by atoms with Crippen LogP contribution in [0.2, 0.25) is 0 Å². The van der Waals surface area contributed by atoms with Crippen molar-refractivity contribution in [1.29, 1.82) is 0 Å². The van der Waals surface area contributed by atoms with Crippen LogP contribution in [0.1, 0.15) is 42.8 Å². The molecule has 1 aliphatic rings. The highest BCUT2D eigenvalue weighted by Gasteiger charge is 2.26. The number of aromatic nitrogens is 3. The van der Waals surface area contributed by atoms with Gasteiger partial charge in [-0.3, -0.25) is 0 Å². The first kappa shape index (κ1) is 17.7. The fourth-order valence-electron chi connectivity index (χ4n) is 3.69. The van der Waals surface area contributed by atoms with Crippen LogP contribution in [0, 0.1) is 5.41 Å². The predicted octanol–water partition coefficient (Wildman–Crippen LogP) is 4.65. The SMILES string of the molecule is COc1ccccc1Cc1cccc(-c2ncc3c(n2)CC(C)(C)CC3)n1. The van der Waals surface area contributed by atoms with Crippen LogP contribution in [0.3, 0.4) is 0 Å². The monoisotopic (exact) mass is 359 g/mol. The second-order valence-electron chi connectivity index (χ2n) is 8.01. The molecule has 1 aliphatic carbocycles. The number of hydrogen-bond acceptors (Lipinski definition) is 4. The highest BCUT2D eigenvalue weighted by Crippen LogP contribution is 2.34. The Kier molecular flexibility index (Phi) is 4.65. The number of pyridine rings is 1. The summed E-state index contributed by atoms with van der Waals surface area (Å²) in [6.45, 7) is 4.62. The summed E-state index contributed by atoms with van der Waals surface area (Å²) in [5.74, 6) is 1.60. The van der Waals surface area contributed by atoms with E-state index in [2.05, 4.69) is 24.9 Å². The van der Waals surface area contributed by atoms with Gasteiger partial charge < -0.3 is 4.74 Å². The minimum Gasteiger partial charge on any atom is -0.496 e. The molecule has 0 saturated carbocycles. The smallest absolute Gasteiger partial charge is 0.178 e. The van der Waals surface area contributed by atoms with Crippen LogP contribution in [-0.4, -0.2) is 22.1 Å². The maximum atomic E-state index is 5.46. The van der Waals surface area contributed by atoms with Crippen molar-refractivity contribution in [2.75, 3.05) is 7.11 Å². The molecule has 0 N–H and O–H groups in total. The molecule has 2 aromatic heterocycles. The van der Waals surface area contributed by atoms with Gasteiger partial charge in [0.05, 0.1) is 7.11 Å². The first-order valence-electron chi connectivity index (χ1n) is 9.47. The molecule has 0 aliphatic heterocycles. The van der Waals surface area contributed by atoms with E-state index in [1.807, 2.05) is 42.6 Å². The van der Waals surface area contributed by atoms with E-state index < -0.39 is 0 Å². The Morgan fingerprint density at radius 2 is 1.89 bits per heavy atom. The topological polar surface area (TPSA) is 47.9 Å². The van der Waals surface area contributed by atoms with E-state index >= 15 is 0 Å². The summed E-state index contributed by atoms with van der Waals surface area (Å²) in [4.78, 5) is 14.3. The predicted molar refractivity (Wildman–Crippen MR) is 107 cm³/mol. The summed E-state index contributed by atoms with van der Waals surface area (Å²) in [7, 11) is 1.70. The first-order valence-corrected chi connectivity index (χ1v) is 9.47. The van der Waals surface area contributed by atoms with E-state index in [1.54, 1.807) is 7.11 Å². The molecule has 4 heteroatoms. The lowest BCUT2D eigenvalue weighted by Gasteiger charge is -2.30. The summed E-state index contributed by atoms with van der Waals surface area (Å²) in [6.07, 6.45) is 5.95. The number of methoxy groups -OCH3 is 1. The van der Waals surface area contributed by atoms with Crippen LogP contribution in [0.4, 0.5) is 0 Å². The second kappa shape index (κ2) is 7.10. The quantitative estimate of drug-likeness (QED) is 0.680. The zero-order chi connectivity index (χ0) is 18.9. The molecule has 0 fully saturated rings. The number of nitrogens with zero attached hydrogens (tertiary/aromatic N) is 3. The van der Waals surface area contributed by atoms with E-state index in [0.717, 1.165) is 42.0 Å². The lowest BCUT2D eigenvalue weighted by Crippen LogP contribution is -2.23. The molecule has 0 amide bonds. The van der Waals surface area contributed by atoms with E-state index in [1.165, 1.54) is 17.7 Å².